The number of para-hydroxylation sites is 6. The molecule has 4 aromatic heterocycles. The second-order valence-electron chi connectivity index (χ2n) is 16.3. The summed E-state index contributed by atoms with van der Waals surface area (Å²) in [4.78, 5) is 10.8. The number of benzene rings is 7. The van der Waals surface area contributed by atoms with Crippen molar-refractivity contribution in [3.05, 3.63) is 181 Å². The van der Waals surface area contributed by atoms with Crippen LogP contribution in [0.4, 0.5) is 0 Å². The number of hydrogen-bond acceptors (Lipinski definition) is 3. The van der Waals surface area contributed by atoms with Crippen LogP contribution in [-0.4, -0.2) is 28.8 Å². The largest absolute Gasteiger partial charge is 0.507 e. The molecule has 0 amide bonds. The summed E-state index contributed by atoms with van der Waals surface area (Å²) in [6.45, 7) is 9.09. The van der Waals surface area contributed by atoms with Crippen molar-refractivity contribution >= 4 is 54.8 Å². The third kappa shape index (κ3) is 6.03. The molecule has 0 fully saturated rings. The number of aromatic nitrogens is 5. The monoisotopic (exact) mass is 971 g/mol. The van der Waals surface area contributed by atoms with Gasteiger partial charge in [-0.3, -0.25) is 4.98 Å². The molecule has 0 radical (unpaired) electrons. The first kappa shape index (κ1) is 38.5. The molecule has 0 aliphatic heterocycles. The molecule has 0 atom stereocenters. The average Bonchev–Trinajstić information content (AvgIpc) is 3.94. The standard InChI is InChI=1S/C54H42N5O.Pt/c1-33(2)38-21-15-22-39(34(3)4)53(38)59-45-24-13-12-23-43(45)56-54(59)35-26-28-44-41(32-35)50-46(57(44)36-16-7-5-8-17-36)30-31-47-51(50)52-48(58(47)37-18-9-6-10-19-37)29-27-42(55-52)40-20-11-14-25-49(40)60;/h5-31,33-34,60H,1-4H3;/q-1;. The minimum absolute atomic E-state index is 0. The van der Waals surface area contributed by atoms with Gasteiger partial charge in [0.15, 0.2) is 0 Å². The van der Waals surface area contributed by atoms with E-state index in [0.717, 1.165) is 77.5 Å². The zero-order valence-electron chi connectivity index (χ0n) is 34.2. The van der Waals surface area contributed by atoms with E-state index in [1.165, 1.54) is 16.8 Å². The molecule has 0 saturated heterocycles. The van der Waals surface area contributed by atoms with Gasteiger partial charge < -0.3 is 18.8 Å². The number of phenolic OH excluding ortho intramolecular Hbond substituents is 1. The Morgan fingerprint density at radius 1 is 0.492 bits per heavy atom. The fraction of sp³-hybridized carbons (Fsp3) is 0.111. The molecule has 4 heterocycles. The molecule has 1 N–H and O–H groups in total. The Hall–Kier alpha value is -6.75. The molecule has 11 aromatic rings. The van der Waals surface area contributed by atoms with Gasteiger partial charge in [-0.15, -0.1) is 18.2 Å². The van der Waals surface area contributed by atoms with Gasteiger partial charge in [0.25, 0.3) is 0 Å². The van der Waals surface area contributed by atoms with Crippen LogP contribution in [0.25, 0.3) is 94.5 Å². The number of nitrogens with zero attached hydrogens (tertiary/aromatic N) is 5. The fourth-order valence-electron chi connectivity index (χ4n) is 9.27. The van der Waals surface area contributed by atoms with Gasteiger partial charge in [-0.25, -0.2) is 4.98 Å². The minimum Gasteiger partial charge on any atom is -0.507 e. The van der Waals surface area contributed by atoms with Crippen LogP contribution in [0, 0.1) is 6.07 Å². The summed E-state index contributed by atoms with van der Waals surface area (Å²) in [6.07, 6.45) is 0. The third-order valence-corrected chi connectivity index (χ3v) is 12.0. The van der Waals surface area contributed by atoms with Gasteiger partial charge in [0, 0.05) is 60.1 Å². The van der Waals surface area contributed by atoms with Crippen LogP contribution in [0.2, 0.25) is 0 Å². The van der Waals surface area contributed by atoms with Crippen molar-refractivity contribution in [3.63, 3.8) is 0 Å². The van der Waals surface area contributed by atoms with Crippen molar-refractivity contribution in [2.45, 2.75) is 39.5 Å². The fourth-order valence-corrected chi connectivity index (χ4v) is 9.27. The van der Waals surface area contributed by atoms with Crippen LogP contribution >= 0.6 is 0 Å². The molecule has 0 aliphatic carbocycles. The van der Waals surface area contributed by atoms with Crippen molar-refractivity contribution in [2.24, 2.45) is 0 Å². The van der Waals surface area contributed by atoms with E-state index < -0.39 is 0 Å². The molecule has 0 saturated carbocycles. The van der Waals surface area contributed by atoms with E-state index in [0.29, 0.717) is 23.1 Å². The van der Waals surface area contributed by atoms with E-state index in [-0.39, 0.29) is 26.8 Å². The molecule has 0 spiro atoms. The van der Waals surface area contributed by atoms with Gasteiger partial charge in [-0.05, 0) is 107 Å². The second kappa shape index (κ2) is 15.1. The van der Waals surface area contributed by atoms with Crippen LogP contribution in [0.1, 0.15) is 50.7 Å². The molecule has 7 aromatic carbocycles. The second-order valence-corrected chi connectivity index (χ2v) is 16.3. The van der Waals surface area contributed by atoms with E-state index in [4.69, 9.17) is 9.97 Å². The van der Waals surface area contributed by atoms with Crippen molar-refractivity contribution in [1.82, 2.24) is 23.7 Å². The quantitative estimate of drug-likeness (QED) is 0.162. The van der Waals surface area contributed by atoms with Crippen molar-refractivity contribution in [3.8, 4) is 45.5 Å². The number of aromatic hydroxyl groups is 1. The van der Waals surface area contributed by atoms with E-state index in [9.17, 15) is 5.11 Å². The summed E-state index contributed by atoms with van der Waals surface area (Å²) in [7, 11) is 0. The number of phenols is 1. The van der Waals surface area contributed by atoms with Crippen molar-refractivity contribution in [1.29, 1.82) is 0 Å². The maximum absolute atomic E-state index is 11.0. The van der Waals surface area contributed by atoms with Crippen LogP contribution in [0.15, 0.2) is 164 Å². The Balaban J connectivity index is 0.00000445. The van der Waals surface area contributed by atoms with Crippen LogP contribution < -0.4 is 0 Å². The Morgan fingerprint density at radius 2 is 1.07 bits per heavy atom. The van der Waals surface area contributed by atoms with Crippen LogP contribution in [-0.2, 0) is 21.1 Å². The van der Waals surface area contributed by atoms with E-state index in [1.54, 1.807) is 6.07 Å². The normalized spacial score (nSPS) is 11.8. The number of imidazole rings is 1. The first-order valence-electron chi connectivity index (χ1n) is 20.7. The molecular formula is C54H42N5OPt-. The smallest absolute Gasteiger partial charge is 0.124 e. The maximum atomic E-state index is 11.0. The first-order chi connectivity index (χ1) is 29.4. The predicted molar refractivity (Wildman–Crippen MR) is 247 cm³/mol. The van der Waals surface area contributed by atoms with Gasteiger partial charge in [-0.1, -0.05) is 118 Å². The molecule has 0 aliphatic rings. The topological polar surface area (TPSA) is 60.8 Å². The molecule has 7 heteroatoms. The third-order valence-electron chi connectivity index (χ3n) is 12.0. The average molecular weight is 972 g/mol. The Labute approximate surface area is 368 Å². The van der Waals surface area contributed by atoms with Gasteiger partial charge in [0.2, 0.25) is 0 Å². The first-order valence-corrected chi connectivity index (χ1v) is 20.7. The molecule has 0 bridgehead atoms. The van der Waals surface area contributed by atoms with E-state index in [2.05, 4.69) is 175 Å². The number of pyridine rings is 1. The minimum atomic E-state index is 0. The van der Waals surface area contributed by atoms with Gasteiger partial charge in [-0.2, -0.15) is 0 Å². The predicted octanol–water partition coefficient (Wildman–Crippen LogP) is 13.7. The zero-order valence-corrected chi connectivity index (χ0v) is 36.5. The molecule has 11 rings (SSSR count). The Bertz CT molecular complexity index is 3420. The van der Waals surface area contributed by atoms with Crippen molar-refractivity contribution < 1.29 is 26.2 Å². The molecular weight excluding hydrogens is 930 g/mol. The van der Waals surface area contributed by atoms with Crippen LogP contribution in [0.5, 0.6) is 5.75 Å². The maximum Gasteiger partial charge on any atom is 0.124 e. The summed E-state index contributed by atoms with van der Waals surface area (Å²) in [5, 5.41) is 14.1. The Kier molecular flexibility index (Phi) is 9.49. The molecule has 61 heavy (non-hydrogen) atoms. The number of rotatable bonds is 7. The number of hydrogen-bond donors (Lipinski definition) is 1. The number of fused-ring (bicyclic) bond motifs is 8. The van der Waals surface area contributed by atoms with Crippen molar-refractivity contribution in [2.75, 3.05) is 0 Å². The van der Waals surface area contributed by atoms with Gasteiger partial charge in [0.05, 0.1) is 33.6 Å². The summed E-state index contributed by atoms with van der Waals surface area (Å²) < 4.78 is 7.03. The Morgan fingerprint density at radius 3 is 1.74 bits per heavy atom. The molecule has 6 nitrogen and oxygen atoms in total. The van der Waals surface area contributed by atoms with Gasteiger partial charge in [0.1, 0.15) is 5.75 Å². The summed E-state index contributed by atoms with van der Waals surface area (Å²) in [5.41, 5.74) is 15.2. The summed E-state index contributed by atoms with van der Waals surface area (Å²) >= 11 is 0. The van der Waals surface area contributed by atoms with E-state index >= 15 is 0 Å². The SMILES string of the molecule is CC(C)c1cccc(C(C)C)c1-n1c(-c2[c-]c3c4c5c6nc(-c7ccccc7O)ccc6n(-c6ccccc6)c5ccc4n(-c4ccccc4)c3cc2)nc2ccccc21.[Pt]. The zero-order chi connectivity index (χ0) is 40.6. The van der Waals surface area contributed by atoms with E-state index in [1.807, 2.05) is 30.3 Å². The summed E-state index contributed by atoms with van der Waals surface area (Å²) in [6, 6.07) is 60.7. The summed E-state index contributed by atoms with van der Waals surface area (Å²) in [5.74, 6) is 1.65. The van der Waals surface area contributed by atoms with Gasteiger partial charge >= 0.3 is 0 Å². The van der Waals surface area contributed by atoms with Crippen LogP contribution in [0.3, 0.4) is 0 Å². The molecule has 0 unspecified atom stereocenters. The molecule has 300 valence electrons.